The molecule has 0 aromatic heterocycles. The highest BCUT2D eigenvalue weighted by atomic mass is 16.6. The molecule has 1 aromatic rings. The van der Waals surface area contributed by atoms with E-state index in [0.29, 0.717) is 24.3 Å². The van der Waals surface area contributed by atoms with Gasteiger partial charge in [0.05, 0.1) is 0 Å². The van der Waals surface area contributed by atoms with Crippen molar-refractivity contribution in [1.82, 2.24) is 10.2 Å². The number of nitrogens with one attached hydrogen (secondary N) is 2. The Morgan fingerprint density at radius 2 is 1.74 bits per heavy atom. The summed E-state index contributed by atoms with van der Waals surface area (Å²) in [5, 5.41) is 5.54. The van der Waals surface area contributed by atoms with Crippen molar-refractivity contribution in [2.75, 3.05) is 18.4 Å². The quantitative estimate of drug-likeness (QED) is 0.796. The number of hydrogen-bond donors (Lipinski definition) is 2. The lowest BCUT2D eigenvalue weighted by atomic mass is 10.1. The molecule has 7 nitrogen and oxygen atoms in total. The van der Waals surface area contributed by atoms with Gasteiger partial charge in [-0.1, -0.05) is 6.58 Å². The van der Waals surface area contributed by atoms with Crippen LogP contribution in [0.4, 0.5) is 10.5 Å². The fourth-order valence-corrected chi connectivity index (χ4v) is 3.42. The lowest BCUT2D eigenvalue weighted by Crippen LogP contribution is -2.39. The summed E-state index contributed by atoms with van der Waals surface area (Å²) in [6.45, 7) is 10.1. The van der Waals surface area contributed by atoms with Crippen LogP contribution in [0.1, 0.15) is 31.1 Å². The monoisotopic (exact) mass is 371 g/mol. The molecule has 144 valence electrons. The van der Waals surface area contributed by atoms with E-state index in [1.807, 2.05) is 20.8 Å². The minimum Gasteiger partial charge on any atom is -0.444 e. The molecule has 2 fully saturated rings. The molecule has 0 bridgehead atoms. The second-order valence-electron chi connectivity index (χ2n) is 7.98. The minimum absolute atomic E-state index is 0.0418. The second kappa shape index (κ2) is 7.06. The summed E-state index contributed by atoms with van der Waals surface area (Å²) in [4.78, 5) is 37.6. The summed E-state index contributed by atoms with van der Waals surface area (Å²) in [5.41, 5.74) is 0.666. The molecule has 3 rings (SSSR count). The van der Waals surface area contributed by atoms with Crippen molar-refractivity contribution >= 4 is 23.6 Å². The first kappa shape index (κ1) is 18.9. The van der Waals surface area contributed by atoms with Crippen molar-refractivity contribution in [3.05, 3.63) is 42.5 Å². The van der Waals surface area contributed by atoms with Gasteiger partial charge in [0.15, 0.2) is 0 Å². The molecule has 3 atom stereocenters. The second-order valence-corrected chi connectivity index (χ2v) is 7.98. The van der Waals surface area contributed by atoms with E-state index in [-0.39, 0.29) is 29.7 Å². The van der Waals surface area contributed by atoms with Gasteiger partial charge in [0, 0.05) is 42.2 Å². The van der Waals surface area contributed by atoms with Crippen LogP contribution in [0.15, 0.2) is 36.9 Å². The maximum Gasteiger partial charge on any atom is 0.407 e. The Kier molecular flexibility index (Phi) is 4.95. The molecule has 0 spiro atoms. The molecular weight excluding hydrogens is 346 g/mol. The van der Waals surface area contributed by atoms with Crippen LogP contribution in [-0.2, 0) is 9.53 Å². The van der Waals surface area contributed by atoms with Gasteiger partial charge in [0.2, 0.25) is 5.91 Å². The van der Waals surface area contributed by atoms with Crippen molar-refractivity contribution in [2.45, 2.75) is 32.4 Å². The number of alkyl carbamates (subject to hydrolysis) is 1. The van der Waals surface area contributed by atoms with Crippen molar-refractivity contribution in [1.29, 1.82) is 0 Å². The van der Waals surface area contributed by atoms with Gasteiger partial charge in [-0.05, 0) is 51.1 Å². The fourth-order valence-electron chi connectivity index (χ4n) is 3.42. The highest BCUT2D eigenvalue weighted by Gasteiger charge is 2.57. The molecule has 0 radical (unpaired) electrons. The smallest absolute Gasteiger partial charge is 0.407 e. The van der Waals surface area contributed by atoms with E-state index in [1.165, 1.54) is 6.08 Å². The lowest BCUT2D eigenvalue weighted by molar-refractivity contribution is -0.111. The molecule has 1 aliphatic heterocycles. The minimum atomic E-state index is -0.520. The number of likely N-dealkylation sites (tertiary alicyclic amines) is 1. The SMILES string of the molecule is C=CC(=O)Nc1ccc(C(=O)N2C[C@@H]3C(NC(=O)OC(C)(C)C)[C@@H]3C2)cc1. The molecule has 3 amide bonds. The zero-order valence-electron chi connectivity index (χ0n) is 15.8. The summed E-state index contributed by atoms with van der Waals surface area (Å²) in [7, 11) is 0. The number of piperidine rings is 1. The van der Waals surface area contributed by atoms with Crippen LogP contribution >= 0.6 is 0 Å². The number of amides is 3. The van der Waals surface area contributed by atoms with E-state index < -0.39 is 11.7 Å². The predicted octanol–water partition coefficient (Wildman–Crippen LogP) is 2.41. The first-order valence-electron chi connectivity index (χ1n) is 9.00. The van der Waals surface area contributed by atoms with Gasteiger partial charge in [0.1, 0.15) is 5.60 Å². The number of benzene rings is 1. The molecule has 27 heavy (non-hydrogen) atoms. The number of rotatable bonds is 4. The van der Waals surface area contributed by atoms with E-state index >= 15 is 0 Å². The topological polar surface area (TPSA) is 87.7 Å². The van der Waals surface area contributed by atoms with E-state index in [1.54, 1.807) is 29.2 Å². The maximum atomic E-state index is 12.6. The predicted molar refractivity (Wildman–Crippen MR) is 101 cm³/mol. The van der Waals surface area contributed by atoms with Gasteiger partial charge in [-0.15, -0.1) is 0 Å². The third kappa shape index (κ3) is 4.48. The van der Waals surface area contributed by atoms with Crippen molar-refractivity contribution in [3.8, 4) is 0 Å². The van der Waals surface area contributed by atoms with Crippen LogP contribution in [0, 0.1) is 11.8 Å². The summed E-state index contributed by atoms with van der Waals surface area (Å²) >= 11 is 0. The van der Waals surface area contributed by atoms with Gasteiger partial charge in [0.25, 0.3) is 5.91 Å². The number of anilines is 1. The Morgan fingerprint density at radius 1 is 1.15 bits per heavy atom. The summed E-state index contributed by atoms with van der Waals surface area (Å²) in [5.74, 6) is 0.234. The van der Waals surface area contributed by atoms with E-state index in [0.717, 1.165) is 0 Å². The number of ether oxygens (including phenoxy) is 1. The summed E-state index contributed by atoms with van der Waals surface area (Å²) in [6, 6.07) is 6.86. The Bertz CT molecular complexity index is 754. The van der Waals surface area contributed by atoms with Crippen molar-refractivity contribution in [3.63, 3.8) is 0 Å². The molecule has 1 heterocycles. The van der Waals surface area contributed by atoms with Crippen molar-refractivity contribution < 1.29 is 19.1 Å². The van der Waals surface area contributed by atoms with E-state index in [2.05, 4.69) is 17.2 Å². The Hall–Kier alpha value is -2.83. The lowest BCUT2D eigenvalue weighted by Gasteiger charge is -2.22. The van der Waals surface area contributed by atoms with Gasteiger partial charge in [-0.3, -0.25) is 9.59 Å². The average molecular weight is 371 g/mol. The molecule has 1 aromatic carbocycles. The largest absolute Gasteiger partial charge is 0.444 e. The van der Waals surface area contributed by atoms with Gasteiger partial charge >= 0.3 is 6.09 Å². The van der Waals surface area contributed by atoms with Crippen LogP contribution in [0.3, 0.4) is 0 Å². The molecule has 2 N–H and O–H groups in total. The summed E-state index contributed by atoms with van der Waals surface area (Å²) < 4.78 is 5.28. The number of fused-ring (bicyclic) bond motifs is 1. The van der Waals surface area contributed by atoms with Gasteiger partial charge in [-0.2, -0.15) is 0 Å². The normalized spacial score (nSPS) is 23.2. The van der Waals surface area contributed by atoms with Crippen LogP contribution < -0.4 is 10.6 Å². The number of carbonyl (C=O) groups is 3. The molecule has 2 aliphatic rings. The summed E-state index contributed by atoms with van der Waals surface area (Å²) in [6.07, 6.45) is 0.786. The zero-order chi connectivity index (χ0) is 19.8. The van der Waals surface area contributed by atoms with Crippen molar-refractivity contribution in [2.24, 2.45) is 11.8 Å². The molecule has 1 saturated heterocycles. The van der Waals surface area contributed by atoms with Gasteiger partial charge < -0.3 is 20.3 Å². The first-order valence-corrected chi connectivity index (χ1v) is 9.00. The standard InChI is InChI=1S/C20H25N3O4/c1-5-16(24)21-13-8-6-12(7-9-13)18(25)23-10-14-15(11-23)17(14)22-19(26)27-20(2,3)4/h5-9,14-15,17H,1,10-11H2,2-4H3,(H,21,24)(H,22,26)/t14-,15+,17?. The molecule has 1 unspecified atom stereocenters. The average Bonchev–Trinajstić information content (AvgIpc) is 3.03. The highest BCUT2D eigenvalue weighted by Crippen LogP contribution is 2.45. The Balaban J connectivity index is 1.50. The molecule has 1 aliphatic carbocycles. The zero-order valence-corrected chi connectivity index (χ0v) is 15.8. The Morgan fingerprint density at radius 3 is 2.26 bits per heavy atom. The third-order valence-corrected chi connectivity index (χ3v) is 4.75. The fraction of sp³-hybridized carbons (Fsp3) is 0.450. The van der Waals surface area contributed by atoms with E-state index in [9.17, 15) is 14.4 Å². The molecule has 7 heteroatoms. The van der Waals surface area contributed by atoms with Crippen LogP contribution in [-0.4, -0.2) is 47.5 Å². The van der Waals surface area contributed by atoms with Gasteiger partial charge in [-0.25, -0.2) is 4.79 Å². The van der Waals surface area contributed by atoms with Crippen LogP contribution in [0.25, 0.3) is 0 Å². The highest BCUT2D eigenvalue weighted by molar-refractivity contribution is 5.99. The number of nitrogens with zero attached hydrogens (tertiary/aromatic N) is 1. The van der Waals surface area contributed by atoms with Crippen LogP contribution in [0.5, 0.6) is 0 Å². The Labute approximate surface area is 158 Å². The van der Waals surface area contributed by atoms with Crippen LogP contribution in [0.2, 0.25) is 0 Å². The maximum absolute atomic E-state index is 12.6. The molecule has 1 saturated carbocycles. The first-order chi connectivity index (χ1) is 12.7. The third-order valence-electron chi connectivity index (χ3n) is 4.75. The molecular formula is C20H25N3O4. The number of hydrogen-bond acceptors (Lipinski definition) is 4. The van der Waals surface area contributed by atoms with E-state index in [4.69, 9.17) is 4.74 Å². The number of carbonyl (C=O) groups excluding carboxylic acids is 3.